The van der Waals surface area contributed by atoms with Crippen molar-refractivity contribution in [3.8, 4) is 5.75 Å². The second-order valence-corrected chi connectivity index (χ2v) is 4.78. The predicted octanol–water partition coefficient (Wildman–Crippen LogP) is 3.08. The number of carbonyl (C=O) groups excluding carboxylic acids is 1. The van der Waals surface area contributed by atoms with E-state index in [0.717, 1.165) is 23.1 Å². The molecule has 5 heteroatoms. The van der Waals surface area contributed by atoms with Crippen LogP contribution in [0.4, 0.5) is 0 Å². The third kappa shape index (κ3) is 2.79. The molecule has 0 aliphatic heterocycles. The van der Waals surface area contributed by atoms with Gasteiger partial charge < -0.3 is 4.74 Å². The second-order valence-electron chi connectivity index (χ2n) is 4.43. The lowest BCUT2D eigenvalue weighted by molar-refractivity contribution is 0.111. The van der Waals surface area contributed by atoms with Crippen molar-refractivity contribution in [1.29, 1.82) is 0 Å². The van der Waals surface area contributed by atoms with Gasteiger partial charge in [0.15, 0.2) is 6.29 Å². The van der Waals surface area contributed by atoms with Gasteiger partial charge >= 0.3 is 0 Å². The van der Waals surface area contributed by atoms with E-state index < -0.39 is 0 Å². The van der Waals surface area contributed by atoms with E-state index in [2.05, 4.69) is 5.10 Å². The predicted molar refractivity (Wildman–Crippen MR) is 73.9 cm³/mol. The number of hydrogen-bond donors (Lipinski definition) is 0. The molecule has 0 unspecified atom stereocenters. The fourth-order valence-corrected chi connectivity index (χ4v) is 2.11. The number of aldehydes is 1. The fraction of sp³-hybridized carbons (Fsp3) is 0.286. The van der Waals surface area contributed by atoms with Gasteiger partial charge in [0.05, 0.1) is 11.3 Å². The van der Waals surface area contributed by atoms with Crippen LogP contribution in [0.3, 0.4) is 0 Å². The van der Waals surface area contributed by atoms with Crippen molar-refractivity contribution in [1.82, 2.24) is 9.78 Å². The lowest BCUT2D eigenvalue weighted by Gasteiger charge is -2.09. The molecule has 0 bridgehead atoms. The van der Waals surface area contributed by atoms with Gasteiger partial charge in [-0.3, -0.25) is 9.48 Å². The van der Waals surface area contributed by atoms with Crippen LogP contribution in [0, 0.1) is 13.8 Å². The smallest absolute Gasteiger partial charge is 0.153 e. The topological polar surface area (TPSA) is 44.1 Å². The van der Waals surface area contributed by atoms with Gasteiger partial charge in [-0.25, -0.2) is 0 Å². The number of aromatic nitrogens is 2. The summed E-state index contributed by atoms with van der Waals surface area (Å²) in [6.45, 7) is 4.10. The van der Waals surface area contributed by atoms with Crippen LogP contribution in [-0.2, 0) is 13.7 Å². The van der Waals surface area contributed by atoms with Gasteiger partial charge in [-0.1, -0.05) is 23.2 Å². The van der Waals surface area contributed by atoms with Crippen molar-refractivity contribution in [2.24, 2.45) is 7.05 Å². The maximum absolute atomic E-state index is 11.0. The van der Waals surface area contributed by atoms with Crippen LogP contribution in [0.2, 0.25) is 5.15 Å². The van der Waals surface area contributed by atoms with Gasteiger partial charge in [0.2, 0.25) is 0 Å². The standard InChI is InChI=1S/C14H15ClN2O2/c1-9-4-5-13(11(6-9)7-18)19-8-12-10(2)16-17(3)14(12)15/h4-7H,8H2,1-3H3. The Bertz CT molecular complexity index is 620. The summed E-state index contributed by atoms with van der Waals surface area (Å²) in [6.07, 6.45) is 0.792. The van der Waals surface area contributed by atoms with Crippen molar-refractivity contribution in [2.45, 2.75) is 20.5 Å². The van der Waals surface area contributed by atoms with Crippen LogP contribution >= 0.6 is 11.6 Å². The summed E-state index contributed by atoms with van der Waals surface area (Å²) in [5.74, 6) is 0.555. The molecular weight excluding hydrogens is 264 g/mol. The highest BCUT2D eigenvalue weighted by Gasteiger charge is 2.12. The van der Waals surface area contributed by atoms with Crippen LogP contribution in [0.15, 0.2) is 18.2 Å². The van der Waals surface area contributed by atoms with E-state index in [1.54, 1.807) is 23.9 Å². The molecule has 1 aromatic carbocycles. The van der Waals surface area contributed by atoms with Crippen molar-refractivity contribution >= 4 is 17.9 Å². The normalized spacial score (nSPS) is 10.5. The molecule has 2 rings (SSSR count). The number of rotatable bonds is 4. The van der Waals surface area contributed by atoms with E-state index in [1.165, 1.54) is 0 Å². The molecule has 0 fully saturated rings. The molecule has 4 nitrogen and oxygen atoms in total. The molecule has 1 heterocycles. The molecule has 0 saturated heterocycles. The quantitative estimate of drug-likeness (QED) is 0.807. The Morgan fingerprint density at radius 3 is 2.74 bits per heavy atom. The number of nitrogens with zero attached hydrogens (tertiary/aromatic N) is 2. The zero-order valence-electron chi connectivity index (χ0n) is 11.1. The summed E-state index contributed by atoms with van der Waals surface area (Å²) >= 11 is 6.13. The van der Waals surface area contributed by atoms with E-state index in [0.29, 0.717) is 23.1 Å². The Balaban J connectivity index is 2.21. The highest BCUT2D eigenvalue weighted by Crippen LogP contribution is 2.23. The fourth-order valence-electron chi connectivity index (χ4n) is 1.88. The number of hydrogen-bond acceptors (Lipinski definition) is 3. The molecule has 0 radical (unpaired) electrons. The number of aryl methyl sites for hydroxylation is 3. The Labute approximate surface area is 116 Å². The van der Waals surface area contributed by atoms with Crippen LogP contribution < -0.4 is 4.74 Å². The van der Waals surface area contributed by atoms with Gasteiger partial charge in [0.1, 0.15) is 17.5 Å². The molecule has 19 heavy (non-hydrogen) atoms. The third-order valence-corrected chi connectivity index (χ3v) is 3.41. The number of ether oxygens (including phenoxy) is 1. The summed E-state index contributed by atoms with van der Waals surface area (Å²) in [7, 11) is 1.78. The summed E-state index contributed by atoms with van der Waals surface area (Å²) in [5.41, 5.74) is 3.22. The monoisotopic (exact) mass is 278 g/mol. The van der Waals surface area contributed by atoms with Crippen LogP contribution in [0.25, 0.3) is 0 Å². The molecule has 0 saturated carbocycles. The third-order valence-electron chi connectivity index (χ3n) is 2.93. The zero-order valence-corrected chi connectivity index (χ0v) is 11.9. The molecule has 0 aliphatic carbocycles. The number of benzene rings is 1. The average molecular weight is 279 g/mol. The molecule has 0 N–H and O–H groups in total. The van der Waals surface area contributed by atoms with Crippen LogP contribution in [0.5, 0.6) is 5.75 Å². The molecule has 0 spiro atoms. The lowest BCUT2D eigenvalue weighted by atomic mass is 10.1. The SMILES string of the molecule is Cc1ccc(OCc2c(C)nn(C)c2Cl)c(C=O)c1. The van der Waals surface area contributed by atoms with Gasteiger partial charge in [0, 0.05) is 12.6 Å². The highest BCUT2D eigenvalue weighted by molar-refractivity contribution is 6.30. The molecule has 2 aromatic rings. The zero-order chi connectivity index (χ0) is 14.0. The van der Waals surface area contributed by atoms with E-state index >= 15 is 0 Å². The Morgan fingerprint density at radius 2 is 2.16 bits per heavy atom. The van der Waals surface area contributed by atoms with E-state index in [9.17, 15) is 4.79 Å². The average Bonchev–Trinajstić information content (AvgIpc) is 2.62. The summed E-state index contributed by atoms with van der Waals surface area (Å²) in [4.78, 5) is 11.0. The molecule has 1 aromatic heterocycles. The van der Waals surface area contributed by atoms with Crippen LogP contribution in [0.1, 0.15) is 27.2 Å². The van der Waals surface area contributed by atoms with Crippen molar-refractivity contribution in [3.63, 3.8) is 0 Å². The van der Waals surface area contributed by atoms with Crippen LogP contribution in [-0.4, -0.2) is 16.1 Å². The van der Waals surface area contributed by atoms with Gasteiger partial charge in [-0.05, 0) is 26.0 Å². The first kappa shape index (κ1) is 13.6. The first-order valence-corrected chi connectivity index (χ1v) is 6.27. The molecule has 0 aliphatic rings. The summed E-state index contributed by atoms with van der Waals surface area (Å²) in [5, 5.41) is 4.77. The van der Waals surface area contributed by atoms with Crippen molar-refractivity contribution in [2.75, 3.05) is 0 Å². The van der Waals surface area contributed by atoms with Gasteiger partial charge in [0.25, 0.3) is 0 Å². The van der Waals surface area contributed by atoms with E-state index in [-0.39, 0.29) is 0 Å². The van der Waals surface area contributed by atoms with Crippen molar-refractivity contribution in [3.05, 3.63) is 45.7 Å². The first-order chi connectivity index (χ1) is 9.02. The van der Waals surface area contributed by atoms with Crippen molar-refractivity contribution < 1.29 is 9.53 Å². The largest absolute Gasteiger partial charge is 0.488 e. The molecule has 100 valence electrons. The Morgan fingerprint density at radius 1 is 1.42 bits per heavy atom. The highest BCUT2D eigenvalue weighted by atomic mass is 35.5. The summed E-state index contributed by atoms with van der Waals surface area (Å²) in [6, 6.07) is 5.48. The molecule has 0 amide bonds. The van der Waals surface area contributed by atoms with Gasteiger partial charge in [-0.15, -0.1) is 0 Å². The molecule has 0 atom stereocenters. The second kappa shape index (κ2) is 5.45. The maximum atomic E-state index is 11.0. The van der Waals surface area contributed by atoms with Gasteiger partial charge in [-0.2, -0.15) is 5.10 Å². The summed E-state index contributed by atoms with van der Waals surface area (Å²) < 4.78 is 7.28. The Kier molecular flexibility index (Phi) is 3.90. The molecular formula is C14H15ClN2O2. The minimum absolute atomic E-state index is 0.294. The number of halogens is 1. The van der Waals surface area contributed by atoms with E-state index in [1.807, 2.05) is 19.9 Å². The minimum atomic E-state index is 0.294. The lowest BCUT2D eigenvalue weighted by Crippen LogP contribution is -2.00. The maximum Gasteiger partial charge on any atom is 0.153 e. The Hall–Kier alpha value is -1.81. The minimum Gasteiger partial charge on any atom is -0.488 e. The number of carbonyl (C=O) groups is 1. The van der Waals surface area contributed by atoms with E-state index in [4.69, 9.17) is 16.3 Å². The first-order valence-electron chi connectivity index (χ1n) is 5.89.